The first-order valence-corrected chi connectivity index (χ1v) is 6.24. The van der Waals surface area contributed by atoms with E-state index in [1.165, 1.54) is 6.08 Å². The lowest BCUT2D eigenvalue weighted by Crippen LogP contribution is -2.63. The van der Waals surface area contributed by atoms with Crippen LogP contribution in [-0.2, 0) is 14.3 Å². The zero-order valence-corrected chi connectivity index (χ0v) is 11.9. The Morgan fingerprint density at radius 3 is 2.00 bits per heavy atom. The third-order valence-electron chi connectivity index (χ3n) is 3.43. The third-order valence-corrected chi connectivity index (χ3v) is 3.43. The van der Waals surface area contributed by atoms with Crippen molar-refractivity contribution in [2.75, 3.05) is 0 Å². The highest BCUT2D eigenvalue weighted by Gasteiger charge is 2.47. The molecule has 0 aromatic rings. The van der Waals surface area contributed by atoms with Crippen LogP contribution in [0.2, 0.25) is 0 Å². The van der Waals surface area contributed by atoms with Gasteiger partial charge in [-0.2, -0.15) is 0 Å². The van der Waals surface area contributed by atoms with Gasteiger partial charge in [-0.25, -0.2) is 4.79 Å². The summed E-state index contributed by atoms with van der Waals surface area (Å²) in [5.41, 5.74) is -0.639. The number of hydrogen-bond donors (Lipinski definition) is 0. The van der Waals surface area contributed by atoms with E-state index in [-0.39, 0.29) is 23.1 Å². The number of amides is 1. The Labute approximate surface area is 109 Å². The summed E-state index contributed by atoms with van der Waals surface area (Å²) in [4.78, 5) is 25.0. The quantitative estimate of drug-likeness (QED) is 0.560. The molecule has 0 radical (unpaired) electrons. The molecule has 1 aliphatic rings. The largest absolute Gasteiger partial charge is 0.459 e. The molecule has 1 rings (SSSR count). The molecule has 4 nitrogen and oxygen atoms in total. The van der Waals surface area contributed by atoms with E-state index in [0.29, 0.717) is 12.8 Å². The number of piperidine rings is 1. The molecule has 1 aliphatic heterocycles. The number of hydrogen-bond acceptors (Lipinski definition) is 3. The van der Waals surface area contributed by atoms with Crippen LogP contribution in [0.1, 0.15) is 47.5 Å². The zero-order chi connectivity index (χ0) is 14.1. The second kappa shape index (κ2) is 4.75. The minimum atomic E-state index is -0.400. The number of nitrogens with zero attached hydrogens (tertiary/aromatic N) is 1. The van der Waals surface area contributed by atoms with Gasteiger partial charge in [0, 0.05) is 36.9 Å². The van der Waals surface area contributed by atoms with Crippen LogP contribution in [0.25, 0.3) is 0 Å². The Morgan fingerprint density at radius 1 is 1.22 bits per heavy atom. The molecule has 0 N–H and O–H groups in total. The van der Waals surface area contributed by atoms with Crippen molar-refractivity contribution in [3.05, 3.63) is 12.7 Å². The van der Waals surface area contributed by atoms with Gasteiger partial charge in [0.05, 0.1) is 0 Å². The summed E-state index contributed by atoms with van der Waals surface area (Å²) in [5.74, 6) is -0.346. The zero-order valence-electron chi connectivity index (χ0n) is 11.9. The van der Waals surface area contributed by atoms with Crippen molar-refractivity contribution in [3.8, 4) is 0 Å². The van der Waals surface area contributed by atoms with Crippen LogP contribution in [0, 0.1) is 0 Å². The molecule has 1 amide bonds. The monoisotopic (exact) mass is 253 g/mol. The first kappa shape index (κ1) is 14.7. The van der Waals surface area contributed by atoms with Gasteiger partial charge >= 0.3 is 5.97 Å². The predicted octanol–water partition coefficient (Wildman–Crippen LogP) is 2.28. The minimum Gasteiger partial charge on any atom is -0.459 e. The van der Waals surface area contributed by atoms with E-state index in [9.17, 15) is 9.59 Å². The first-order chi connectivity index (χ1) is 8.10. The Morgan fingerprint density at radius 2 is 1.67 bits per heavy atom. The van der Waals surface area contributed by atoms with Gasteiger partial charge in [0.1, 0.15) is 6.10 Å². The molecule has 1 fully saturated rings. The van der Waals surface area contributed by atoms with Gasteiger partial charge in [0.25, 0.3) is 0 Å². The van der Waals surface area contributed by atoms with E-state index in [0.717, 1.165) is 0 Å². The van der Waals surface area contributed by atoms with Crippen LogP contribution in [0.15, 0.2) is 12.7 Å². The molecular formula is C14H23NO3. The van der Waals surface area contributed by atoms with E-state index >= 15 is 0 Å². The smallest absolute Gasteiger partial charge is 0.330 e. The maximum Gasteiger partial charge on any atom is 0.330 e. The average Bonchev–Trinajstić information content (AvgIpc) is 2.11. The molecule has 0 aromatic heterocycles. The fourth-order valence-electron chi connectivity index (χ4n) is 3.34. The van der Waals surface area contributed by atoms with E-state index in [1.54, 1.807) is 6.92 Å². The molecule has 0 atom stereocenters. The number of esters is 1. The normalized spacial score (nSPS) is 22.4. The number of likely N-dealkylation sites (tertiary alicyclic amines) is 1. The highest BCUT2D eigenvalue weighted by Crippen LogP contribution is 2.39. The Kier molecular flexibility index (Phi) is 3.89. The van der Waals surface area contributed by atoms with Crippen LogP contribution in [0.5, 0.6) is 0 Å². The summed E-state index contributed by atoms with van der Waals surface area (Å²) in [6.45, 7) is 13.0. The molecule has 0 bridgehead atoms. The third kappa shape index (κ3) is 2.92. The van der Waals surface area contributed by atoms with Crippen molar-refractivity contribution in [2.24, 2.45) is 0 Å². The summed E-state index contributed by atoms with van der Waals surface area (Å²) >= 11 is 0. The molecule has 0 unspecified atom stereocenters. The second-order valence-corrected chi connectivity index (χ2v) is 6.15. The second-order valence-electron chi connectivity index (χ2n) is 6.15. The van der Waals surface area contributed by atoms with Crippen molar-refractivity contribution in [2.45, 2.75) is 64.6 Å². The van der Waals surface area contributed by atoms with Crippen LogP contribution in [-0.4, -0.2) is 34.0 Å². The van der Waals surface area contributed by atoms with Crippen LogP contribution < -0.4 is 0 Å². The molecule has 1 saturated heterocycles. The maximum atomic E-state index is 11.8. The van der Waals surface area contributed by atoms with Crippen molar-refractivity contribution in [3.63, 3.8) is 0 Å². The van der Waals surface area contributed by atoms with Gasteiger partial charge < -0.3 is 9.64 Å². The topological polar surface area (TPSA) is 46.6 Å². The van der Waals surface area contributed by atoms with E-state index < -0.39 is 5.97 Å². The summed E-state index contributed by atoms with van der Waals surface area (Å²) < 4.78 is 5.34. The Balaban J connectivity index is 2.94. The van der Waals surface area contributed by atoms with Crippen molar-refractivity contribution in [1.82, 2.24) is 4.90 Å². The molecule has 0 saturated carbocycles. The maximum absolute atomic E-state index is 11.8. The molecule has 1 heterocycles. The molecular weight excluding hydrogens is 230 g/mol. The molecule has 0 aromatic carbocycles. The van der Waals surface area contributed by atoms with Crippen LogP contribution >= 0.6 is 0 Å². The summed E-state index contributed by atoms with van der Waals surface area (Å²) in [7, 11) is 0. The average molecular weight is 253 g/mol. The lowest BCUT2D eigenvalue weighted by atomic mass is 9.78. The fourth-order valence-corrected chi connectivity index (χ4v) is 3.34. The van der Waals surface area contributed by atoms with Crippen LogP contribution in [0.4, 0.5) is 0 Å². The summed E-state index contributed by atoms with van der Waals surface area (Å²) in [6, 6.07) is 0. The fraction of sp³-hybridized carbons (Fsp3) is 0.714. The molecule has 0 spiro atoms. The molecule has 102 valence electrons. The van der Waals surface area contributed by atoms with Crippen molar-refractivity contribution in [1.29, 1.82) is 0 Å². The lowest BCUT2D eigenvalue weighted by Gasteiger charge is -2.54. The predicted molar refractivity (Wildman–Crippen MR) is 70.0 cm³/mol. The number of rotatable bonds is 2. The summed E-state index contributed by atoms with van der Waals surface area (Å²) in [6.07, 6.45) is 2.30. The highest BCUT2D eigenvalue weighted by molar-refractivity contribution is 5.81. The van der Waals surface area contributed by atoms with Gasteiger partial charge in [-0.1, -0.05) is 6.58 Å². The van der Waals surface area contributed by atoms with E-state index in [2.05, 4.69) is 6.58 Å². The van der Waals surface area contributed by atoms with Gasteiger partial charge in [0.15, 0.2) is 0 Å². The number of carbonyl (C=O) groups is 2. The first-order valence-electron chi connectivity index (χ1n) is 6.24. The van der Waals surface area contributed by atoms with Crippen LogP contribution in [0.3, 0.4) is 0 Å². The van der Waals surface area contributed by atoms with Gasteiger partial charge in [0.2, 0.25) is 5.91 Å². The lowest BCUT2D eigenvalue weighted by molar-refractivity contribution is -0.163. The minimum absolute atomic E-state index is 0.0542. The number of ether oxygens (including phenoxy) is 1. The van der Waals surface area contributed by atoms with Gasteiger partial charge in [-0.15, -0.1) is 0 Å². The highest BCUT2D eigenvalue weighted by atomic mass is 16.5. The Hall–Kier alpha value is -1.32. The number of carbonyl (C=O) groups excluding carboxylic acids is 2. The van der Waals surface area contributed by atoms with Gasteiger partial charge in [-0.05, 0) is 27.7 Å². The Bertz CT molecular complexity index is 353. The molecule has 18 heavy (non-hydrogen) atoms. The van der Waals surface area contributed by atoms with Gasteiger partial charge in [-0.3, -0.25) is 4.79 Å². The SMILES string of the molecule is C=CC(=O)OC1CC(C)(C)N(C(C)=O)C(C)(C)C1. The summed E-state index contributed by atoms with van der Waals surface area (Å²) in [5, 5.41) is 0. The molecule has 0 aliphatic carbocycles. The molecule has 4 heteroatoms. The van der Waals surface area contributed by atoms with E-state index in [4.69, 9.17) is 4.74 Å². The van der Waals surface area contributed by atoms with E-state index in [1.807, 2.05) is 32.6 Å². The van der Waals surface area contributed by atoms with Crippen molar-refractivity contribution < 1.29 is 14.3 Å². The van der Waals surface area contributed by atoms with Crippen molar-refractivity contribution >= 4 is 11.9 Å². The standard InChI is InChI=1S/C14H23NO3/c1-7-12(17)18-11-8-13(3,4)15(10(2)16)14(5,6)9-11/h7,11H,1,8-9H2,2-6H3.